The molecule has 114 valence electrons. The van der Waals surface area contributed by atoms with Crippen LogP contribution in [0, 0.1) is 6.92 Å². The quantitative estimate of drug-likeness (QED) is 0.733. The molecule has 0 aliphatic carbocycles. The lowest BCUT2D eigenvalue weighted by Gasteiger charge is -2.43. The van der Waals surface area contributed by atoms with Crippen molar-refractivity contribution in [1.82, 2.24) is 9.88 Å². The molecule has 0 aliphatic rings. The minimum absolute atomic E-state index is 0.378. The minimum atomic E-state index is -0.399. The molecule has 0 spiro atoms. The molecule has 1 atom stereocenters. The number of rotatable bonds is 8. The normalized spacial score (nSPS) is 14.8. The summed E-state index contributed by atoms with van der Waals surface area (Å²) in [6.45, 7) is 8.16. The Bertz CT molecular complexity index is 410. The summed E-state index contributed by atoms with van der Waals surface area (Å²) >= 11 is 0. The first-order chi connectivity index (χ1) is 9.51. The molecule has 0 bridgehead atoms. The molecule has 0 amide bonds. The van der Waals surface area contributed by atoms with E-state index in [9.17, 15) is 0 Å². The molecule has 1 rings (SSSR count). The Kier molecular flexibility index (Phi) is 6.55. The van der Waals surface area contributed by atoms with Gasteiger partial charge in [-0.1, -0.05) is 13.0 Å². The van der Waals surface area contributed by atoms with E-state index >= 15 is 0 Å². The molecule has 1 unspecified atom stereocenters. The van der Waals surface area contributed by atoms with Crippen LogP contribution in [0.4, 0.5) is 0 Å². The van der Waals surface area contributed by atoms with Gasteiger partial charge in [0.25, 0.3) is 0 Å². The lowest BCUT2D eigenvalue weighted by atomic mass is 9.98. The summed E-state index contributed by atoms with van der Waals surface area (Å²) in [5.74, 6) is 0. The maximum absolute atomic E-state index is 6.00. The lowest BCUT2D eigenvalue weighted by Crippen LogP contribution is -2.60. The van der Waals surface area contributed by atoms with Crippen LogP contribution >= 0.6 is 0 Å². The predicted molar refractivity (Wildman–Crippen MR) is 80.3 cm³/mol. The molecule has 0 saturated heterocycles. The number of hydrogen-bond acceptors (Lipinski definition) is 5. The Hall–Kier alpha value is -1.01. The van der Waals surface area contributed by atoms with E-state index < -0.39 is 5.54 Å². The van der Waals surface area contributed by atoms with Crippen LogP contribution in [0.5, 0.6) is 0 Å². The van der Waals surface area contributed by atoms with Crippen LogP contribution in [0.25, 0.3) is 0 Å². The van der Waals surface area contributed by atoms with Gasteiger partial charge in [-0.15, -0.1) is 0 Å². The third kappa shape index (κ3) is 3.76. The summed E-state index contributed by atoms with van der Waals surface area (Å²) in [6.07, 6.45) is -0.378. The standard InChI is InChI=1S/C15H27N3O2/c1-6-18(10-13-9-7-8-12(2)17-13)15(3,11-16)14(19-4)20-5/h7-9,14H,6,10-11,16H2,1-5H3. The average molecular weight is 281 g/mol. The Labute approximate surface area is 122 Å². The molecule has 0 saturated carbocycles. The van der Waals surface area contributed by atoms with Gasteiger partial charge in [-0.25, -0.2) is 0 Å². The van der Waals surface area contributed by atoms with Crippen molar-refractivity contribution in [2.45, 2.75) is 39.1 Å². The van der Waals surface area contributed by atoms with Gasteiger partial charge in [0.2, 0.25) is 0 Å². The number of pyridine rings is 1. The van der Waals surface area contributed by atoms with Gasteiger partial charge in [0.15, 0.2) is 6.29 Å². The van der Waals surface area contributed by atoms with Crippen LogP contribution in [-0.2, 0) is 16.0 Å². The highest BCUT2D eigenvalue weighted by molar-refractivity contribution is 5.10. The maximum Gasteiger partial charge on any atom is 0.176 e. The van der Waals surface area contributed by atoms with E-state index in [4.69, 9.17) is 15.2 Å². The monoisotopic (exact) mass is 281 g/mol. The van der Waals surface area contributed by atoms with E-state index in [1.54, 1.807) is 14.2 Å². The fourth-order valence-electron chi connectivity index (χ4n) is 2.52. The molecule has 0 fully saturated rings. The smallest absolute Gasteiger partial charge is 0.176 e. The van der Waals surface area contributed by atoms with Crippen molar-refractivity contribution in [2.24, 2.45) is 5.73 Å². The Morgan fingerprint density at radius 1 is 1.35 bits per heavy atom. The van der Waals surface area contributed by atoms with Crippen LogP contribution in [0.1, 0.15) is 25.2 Å². The molecular weight excluding hydrogens is 254 g/mol. The molecule has 1 aromatic heterocycles. The van der Waals surface area contributed by atoms with Gasteiger partial charge in [0.05, 0.1) is 11.2 Å². The van der Waals surface area contributed by atoms with Crippen LogP contribution < -0.4 is 5.73 Å². The summed E-state index contributed by atoms with van der Waals surface area (Å²) in [7, 11) is 3.28. The van der Waals surface area contributed by atoms with Crippen LogP contribution in [0.15, 0.2) is 18.2 Å². The van der Waals surface area contributed by atoms with Crippen molar-refractivity contribution in [3.63, 3.8) is 0 Å². The number of nitrogens with zero attached hydrogens (tertiary/aromatic N) is 2. The highest BCUT2D eigenvalue weighted by Gasteiger charge is 2.39. The first kappa shape index (κ1) is 17.0. The fraction of sp³-hybridized carbons (Fsp3) is 0.667. The molecule has 0 aromatic carbocycles. The number of ether oxygens (including phenoxy) is 2. The molecule has 0 aliphatic heterocycles. The molecule has 2 N–H and O–H groups in total. The second kappa shape index (κ2) is 7.69. The minimum Gasteiger partial charge on any atom is -0.354 e. The summed E-state index contributed by atoms with van der Waals surface area (Å²) < 4.78 is 10.9. The van der Waals surface area contributed by atoms with E-state index in [2.05, 4.69) is 23.7 Å². The number of likely N-dealkylation sites (N-methyl/N-ethyl adjacent to an activating group) is 1. The zero-order chi connectivity index (χ0) is 15.2. The summed E-state index contributed by atoms with van der Waals surface area (Å²) in [4.78, 5) is 6.80. The average Bonchev–Trinajstić information content (AvgIpc) is 2.45. The van der Waals surface area contributed by atoms with Crippen molar-refractivity contribution >= 4 is 0 Å². The van der Waals surface area contributed by atoms with Crippen LogP contribution in [0.2, 0.25) is 0 Å². The molecular formula is C15H27N3O2. The topological polar surface area (TPSA) is 60.6 Å². The number of methoxy groups -OCH3 is 2. The SMILES string of the molecule is CCN(Cc1cccc(C)n1)C(C)(CN)C(OC)OC. The largest absolute Gasteiger partial charge is 0.354 e. The number of aromatic nitrogens is 1. The van der Waals surface area contributed by atoms with Gasteiger partial charge in [0, 0.05) is 33.0 Å². The highest BCUT2D eigenvalue weighted by atomic mass is 16.7. The molecule has 1 heterocycles. The number of hydrogen-bond donors (Lipinski definition) is 1. The van der Waals surface area contributed by atoms with Gasteiger partial charge in [-0.3, -0.25) is 9.88 Å². The van der Waals surface area contributed by atoms with Gasteiger partial charge in [0.1, 0.15) is 0 Å². The Morgan fingerprint density at radius 2 is 2.00 bits per heavy atom. The van der Waals surface area contributed by atoms with Crippen molar-refractivity contribution in [3.05, 3.63) is 29.6 Å². The zero-order valence-corrected chi connectivity index (χ0v) is 13.2. The van der Waals surface area contributed by atoms with E-state index in [1.807, 2.05) is 25.1 Å². The predicted octanol–water partition coefficient (Wildman–Crippen LogP) is 1.55. The Morgan fingerprint density at radius 3 is 2.45 bits per heavy atom. The first-order valence-corrected chi connectivity index (χ1v) is 6.95. The van der Waals surface area contributed by atoms with E-state index in [-0.39, 0.29) is 6.29 Å². The van der Waals surface area contributed by atoms with Gasteiger partial charge in [-0.2, -0.15) is 0 Å². The third-order valence-corrected chi connectivity index (χ3v) is 3.75. The third-order valence-electron chi connectivity index (χ3n) is 3.75. The maximum atomic E-state index is 6.00. The van der Waals surface area contributed by atoms with Crippen molar-refractivity contribution in [1.29, 1.82) is 0 Å². The zero-order valence-electron chi connectivity index (χ0n) is 13.2. The van der Waals surface area contributed by atoms with Gasteiger partial charge >= 0.3 is 0 Å². The molecule has 0 radical (unpaired) electrons. The lowest BCUT2D eigenvalue weighted by molar-refractivity contribution is -0.182. The summed E-state index contributed by atoms with van der Waals surface area (Å²) in [5, 5.41) is 0. The fourth-order valence-corrected chi connectivity index (χ4v) is 2.52. The molecule has 5 nitrogen and oxygen atoms in total. The van der Waals surface area contributed by atoms with E-state index in [1.165, 1.54) is 0 Å². The molecule has 1 aromatic rings. The van der Waals surface area contributed by atoms with Crippen LogP contribution in [-0.4, -0.2) is 49.0 Å². The number of nitrogens with two attached hydrogens (primary N) is 1. The summed E-state index contributed by atoms with van der Waals surface area (Å²) in [5.41, 5.74) is 7.64. The molecule has 5 heteroatoms. The number of aryl methyl sites for hydroxylation is 1. The Balaban J connectivity index is 2.97. The van der Waals surface area contributed by atoms with Gasteiger partial charge in [-0.05, 0) is 32.5 Å². The second-order valence-corrected chi connectivity index (χ2v) is 5.15. The summed E-state index contributed by atoms with van der Waals surface area (Å²) in [6, 6.07) is 6.05. The van der Waals surface area contributed by atoms with Gasteiger partial charge < -0.3 is 15.2 Å². The van der Waals surface area contributed by atoms with E-state index in [0.717, 1.165) is 24.5 Å². The van der Waals surface area contributed by atoms with Crippen molar-refractivity contribution in [2.75, 3.05) is 27.3 Å². The molecule has 20 heavy (non-hydrogen) atoms. The second-order valence-electron chi connectivity index (χ2n) is 5.15. The highest BCUT2D eigenvalue weighted by Crippen LogP contribution is 2.23. The van der Waals surface area contributed by atoms with Crippen LogP contribution in [0.3, 0.4) is 0 Å². The first-order valence-electron chi connectivity index (χ1n) is 6.95. The van der Waals surface area contributed by atoms with Crippen molar-refractivity contribution < 1.29 is 9.47 Å². The van der Waals surface area contributed by atoms with Crippen molar-refractivity contribution in [3.8, 4) is 0 Å². The van der Waals surface area contributed by atoms with E-state index in [0.29, 0.717) is 6.54 Å².